The molecule has 0 aromatic heterocycles. The number of benzene rings is 3. The highest BCUT2D eigenvalue weighted by molar-refractivity contribution is 6.31. The zero-order chi connectivity index (χ0) is 33.7. The third-order valence-electron chi connectivity index (χ3n) is 8.46. The maximum Gasteiger partial charge on any atom is 0.338 e. The molecule has 12 nitrogen and oxygen atoms in total. The third kappa shape index (κ3) is 5.27. The maximum absolute atomic E-state index is 15.9. The van der Waals surface area contributed by atoms with E-state index < -0.39 is 74.5 Å². The van der Waals surface area contributed by atoms with Crippen LogP contribution in [0, 0.1) is 32.0 Å². The van der Waals surface area contributed by atoms with E-state index >= 15 is 4.39 Å². The molecule has 0 unspecified atom stereocenters. The fourth-order valence-electron chi connectivity index (χ4n) is 6.78. The van der Waals surface area contributed by atoms with Gasteiger partial charge in [0, 0.05) is 45.8 Å². The summed E-state index contributed by atoms with van der Waals surface area (Å²) in [7, 11) is 1.09. The van der Waals surface area contributed by atoms with Crippen LogP contribution < -0.4 is 5.32 Å². The summed E-state index contributed by atoms with van der Waals surface area (Å²) in [6.45, 7) is 3.67. The standard InChI is InChI=1S/C31H27Cl2FN4O8/c1-15(2)14-36-24(13-25(39)18-9-7-16(29(40)46-3)11-23(18)37(42)43)28(38(44)45)26(19-5-4-6-21(33)27(19)34)31(36)20-10-8-17(32)12-22(20)35-30(31)41/h4-12,15,24,26,28H,13-14H2,1-3H3,(H,35,41)/t24-,26-,28+,31+/m0/s1. The van der Waals surface area contributed by atoms with Crippen molar-refractivity contribution in [2.75, 3.05) is 19.0 Å². The summed E-state index contributed by atoms with van der Waals surface area (Å²) in [6, 6.07) is 8.55. The molecule has 0 radical (unpaired) electrons. The lowest BCUT2D eigenvalue weighted by molar-refractivity contribution is -0.528. The Morgan fingerprint density at radius 3 is 2.46 bits per heavy atom. The highest BCUT2D eigenvalue weighted by Gasteiger charge is 2.71. The van der Waals surface area contributed by atoms with Gasteiger partial charge in [-0.1, -0.05) is 55.2 Å². The van der Waals surface area contributed by atoms with E-state index in [2.05, 4.69) is 10.1 Å². The van der Waals surface area contributed by atoms with Gasteiger partial charge in [0.25, 0.3) is 11.6 Å². The normalized spacial score (nSPS) is 22.2. The molecule has 1 amide bonds. The number of hydrogen-bond donors (Lipinski definition) is 1. The minimum Gasteiger partial charge on any atom is -0.465 e. The Balaban J connectivity index is 1.76. The van der Waals surface area contributed by atoms with Gasteiger partial charge in [-0.2, -0.15) is 0 Å². The Hall–Kier alpha value is -4.46. The van der Waals surface area contributed by atoms with E-state index in [-0.39, 0.29) is 39.3 Å². The van der Waals surface area contributed by atoms with Crippen molar-refractivity contribution in [2.45, 2.75) is 43.8 Å². The summed E-state index contributed by atoms with van der Waals surface area (Å²) in [5.74, 6) is -5.09. The smallest absolute Gasteiger partial charge is 0.338 e. The van der Waals surface area contributed by atoms with E-state index in [9.17, 15) is 34.6 Å². The lowest BCUT2D eigenvalue weighted by Gasteiger charge is -2.39. The largest absolute Gasteiger partial charge is 0.465 e. The van der Waals surface area contributed by atoms with Gasteiger partial charge in [0.15, 0.2) is 5.78 Å². The molecule has 0 saturated carbocycles. The fourth-order valence-corrected chi connectivity index (χ4v) is 7.13. The number of carbonyl (C=O) groups excluding carboxylic acids is 3. The van der Waals surface area contributed by atoms with Crippen molar-refractivity contribution in [1.29, 1.82) is 0 Å². The molecule has 3 aromatic carbocycles. The van der Waals surface area contributed by atoms with Crippen LogP contribution in [0.1, 0.15) is 58.0 Å². The maximum atomic E-state index is 15.9. The van der Waals surface area contributed by atoms with Crippen molar-refractivity contribution >= 4 is 52.2 Å². The molecule has 1 fully saturated rings. The van der Waals surface area contributed by atoms with E-state index in [1.54, 1.807) is 0 Å². The first kappa shape index (κ1) is 32.9. The number of likely N-dealkylation sites (tertiary alicyclic amines) is 1. The summed E-state index contributed by atoms with van der Waals surface area (Å²) >= 11 is 12.4. The number of rotatable bonds is 9. The van der Waals surface area contributed by atoms with Gasteiger partial charge in [-0.15, -0.1) is 0 Å². The molecule has 15 heteroatoms. The summed E-state index contributed by atoms with van der Waals surface area (Å²) in [5, 5.41) is 27.8. The molecule has 240 valence electrons. The molecule has 0 bridgehead atoms. The predicted octanol–water partition coefficient (Wildman–Crippen LogP) is 6.02. The molecular weight excluding hydrogens is 646 g/mol. The number of anilines is 1. The number of methoxy groups -OCH3 is 1. The van der Waals surface area contributed by atoms with Crippen LogP contribution in [-0.2, 0) is 15.1 Å². The number of nitro benzene ring substituents is 1. The number of nitrogens with one attached hydrogen (secondary N) is 1. The van der Waals surface area contributed by atoms with E-state index in [1.165, 1.54) is 47.4 Å². The Labute approximate surface area is 271 Å². The highest BCUT2D eigenvalue weighted by atomic mass is 35.5. The second-order valence-electron chi connectivity index (χ2n) is 11.5. The van der Waals surface area contributed by atoms with E-state index in [1.807, 2.05) is 13.8 Å². The number of fused-ring (bicyclic) bond motifs is 2. The molecule has 1 saturated heterocycles. The van der Waals surface area contributed by atoms with Crippen LogP contribution in [0.2, 0.25) is 10.0 Å². The molecule has 46 heavy (non-hydrogen) atoms. The average molecular weight is 673 g/mol. The Kier molecular flexibility index (Phi) is 8.86. The first-order valence-corrected chi connectivity index (χ1v) is 14.8. The zero-order valence-corrected chi connectivity index (χ0v) is 26.2. The number of amides is 1. The van der Waals surface area contributed by atoms with Gasteiger partial charge in [-0.3, -0.25) is 34.7 Å². The number of halogens is 3. The van der Waals surface area contributed by atoms with Crippen LogP contribution in [0.4, 0.5) is 15.8 Å². The van der Waals surface area contributed by atoms with E-state index in [0.29, 0.717) is 5.56 Å². The molecule has 5 rings (SSSR count). The Morgan fingerprint density at radius 1 is 1.11 bits per heavy atom. The van der Waals surface area contributed by atoms with Crippen molar-refractivity contribution in [1.82, 2.24) is 4.90 Å². The van der Waals surface area contributed by atoms with Gasteiger partial charge < -0.3 is 10.1 Å². The molecule has 2 aliphatic heterocycles. The lowest BCUT2D eigenvalue weighted by atomic mass is 9.73. The topological polar surface area (TPSA) is 162 Å². The molecular formula is C31H27Cl2FN4O8. The minimum atomic E-state index is -1.90. The van der Waals surface area contributed by atoms with Gasteiger partial charge in [-0.25, -0.2) is 9.18 Å². The molecule has 4 atom stereocenters. The van der Waals surface area contributed by atoms with Crippen LogP contribution in [0.25, 0.3) is 0 Å². The van der Waals surface area contributed by atoms with Gasteiger partial charge in [0.05, 0.1) is 40.1 Å². The molecule has 2 heterocycles. The highest BCUT2D eigenvalue weighted by Crippen LogP contribution is 2.59. The van der Waals surface area contributed by atoms with Crippen molar-refractivity contribution in [3.8, 4) is 0 Å². The average Bonchev–Trinajstić information content (AvgIpc) is 3.44. The van der Waals surface area contributed by atoms with Gasteiger partial charge in [-0.05, 0) is 36.2 Å². The summed E-state index contributed by atoms with van der Waals surface area (Å²) in [5.41, 5.74) is -2.83. The number of Topliss-reactive ketones (excluding diaryl/α,β-unsaturated/α-hetero) is 1. The van der Waals surface area contributed by atoms with Gasteiger partial charge in [0.1, 0.15) is 11.4 Å². The van der Waals surface area contributed by atoms with Crippen LogP contribution in [0.5, 0.6) is 0 Å². The first-order chi connectivity index (χ1) is 21.7. The second kappa shape index (κ2) is 12.4. The molecule has 3 aromatic rings. The monoisotopic (exact) mass is 672 g/mol. The number of esters is 1. The summed E-state index contributed by atoms with van der Waals surface area (Å²) in [6.07, 6.45) is -0.659. The van der Waals surface area contributed by atoms with Gasteiger partial charge in [0.2, 0.25) is 6.04 Å². The molecule has 1 N–H and O–H groups in total. The SMILES string of the molecule is COC(=O)c1ccc(C(=O)C[C@H]2[C@@H]([N+](=O)[O-])[C@H](c3cccc(Cl)c3F)[C@]3(C(=O)Nc4cc(Cl)ccc43)N2CC(C)C)c([N+](=O)[O-])c1. The first-order valence-electron chi connectivity index (χ1n) is 14.1. The summed E-state index contributed by atoms with van der Waals surface area (Å²) < 4.78 is 20.5. The fraction of sp³-hybridized carbons (Fsp3) is 0.323. The molecule has 2 aliphatic rings. The van der Waals surface area contributed by atoms with E-state index in [4.69, 9.17) is 23.2 Å². The number of nitro groups is 2. The quantitative estimate of drug-likeness (QED) is 0.124. The van der Waals surface area contributed by atoms with Crippen molar-refractivity contribution in [3.63, 3.8) is 0 Å². The lowest BCUT2D eigenvalue weighted by Crippen LogP contribution is -2.53. The third-order valence-corrected chi connectivity index (χ3v) is 8.99. The van der Waals surface area contributed by atoms with Gasteiger partial charge >= 0.3 is 5.97 Å². The van der Waals surface area contributed by atoms with Crippen LogP contribution in [-0.4, -0.2) is 58.1 Å². The number of nitrogens with zero attached hydrogens (tertiary/aromatic N) is 3. The number of ether oxygens (including phenoxy) is 1. The minimum absolute atomic E-state index is 0.0415. The van der Waals surface area contributed by atoms with Crippen molar-refractivity contribution in [2.24, 2.45) is 5.92 Å². The van der Waals surface area contributed by atoms with Crippen LogP contribution in [0.15, 0.2) is 54.6 Å². The summed E-state index contributed by atoms with van der Waals surface area (Å²) in [4.78, 5) is 65.4. The second-order valence-corrected chi connectivity index (χ2v) is 12.4. The zero-order valence-electron chi connectivity index (χ0n) is 24.7. The number of carbonyl (C=O) groups is 3. The Bertz CT molecular complexity index is 1800. The number of ketones is 1. The Morgan fingerprint density at radius 2 is 1.83 bits per heavy atom. The van der Waals surface area contributed by atoms with E-state index in [0.717, 1.165) is 19.2 Å². The van der Waals surface area contributed by atoms with Crippen LogP contribution in [0.3, 0.4) is 0 Å². The number of hydrogen-bond acceptors (Lipinski definition) is 9. The molecule has 0 aliphatic carbocycles. The van der Waals surface area contributed by atoms with Crippen molar-refractivity contribution in [3.05, 3.63) is 113 Å². The van der Waals surface area contributed by atoms with Crippen LogP contribution >= 0.6 is 23.2 Å². The predicted molar refractivity (Wildman–Crippen MR) is 165 cm³/mol. The molecule has 1 spiro atoms. The van der Waals surface area contributed by atoms with Crippen molar-refractivity contribution < 1.29 is 33.4 Å².